The van der Waals surface area contributed by atoms with E-state index in [0.717, 1.165) is 37.7 Å². The molecule has 0 saturated carbocycles. The molecule has 0 N–H and O–H groups in total. The molecule has 0 spiro atoms. The smallest absolute Gasteiger partial charge is 0.183 e. The third-order valence-corrected chi connectivity index (χ3v) is 2.43. The zero-order valence-electron chi connectivity index (χ0n) is 10.1. The predicted molar refractivity (Wildman–Crippen MR) is 63.2 cm³/mol. The molecule has 0 bridgehead atoms. The first-order valence-electron chi connectivity index (χ1n) is 6.04. The van der Waals surface area contributed by atoms with Crippen LogP contribution >= 0.6 is 0 Å². The van der Waals surface area contributed by atoms with Crippen LogP contribution in [0.5, 0.6) is 5.75 Å². The highest BCUT2D eigenvalue weighted by molar-refractivity contribution is 5.31. The molecular formula is C13H20FNO. The molecule has 1 rings (SSSR count). The van der Waals surface area contributed by atoms with E-state index < -0.39 is 0 Å². The van der Waals surface area contributed by atoms with Crippen LogP contribution in [0, 0.1) is 5.82 Å². The molecule has 1 aromatic heterocycles. The normalized spacial score (nSPS) is 10.4. The molecule has 2 nitrogen and oxygen atoms in total. The van der Waals surface area contributed by atoms with Crippen LogP contribution in [0.15, 0.2) is 12.4 Å². The van der Waals surface area contributed by atoms with Gasteiger partial charge in [0.05, 0.1) is 12.8 Å². The average molecular weight is 225 g/mol. The number of unbranched alkanes of at least 4 members (excludes halogenated alkanes) is 2. The van der Waals surface area contributed by atoms with E-state index in [9.17, 15) is 4.39 Å². The highest BCUT2D eigenvalue weighted by atomic mass is 19.1. The van der Waals surface area contributed by atoms with Crippen molar-refractivity contribution in [3.63, 3.8) is 0 Å². The molecule has 1 heterocycles. The maximum absolute atomic E-state index is 13.5. The van der Waals surface area contributed by atoms with E-state index in [2.05, 4.69) is 11.9 Å². The fourth-order valence-electron chi connectivity index (χ4n) is 1.57. The van der Waals surface area contributed by atoms with Crippen LogP contribution in [0.2, 0.25) is 0 Å². The first-order valence-corrected chi connectivity index (χ1v) is 6.04. The first-order chi connectivity index (χ1) is 7.79. The van der Waals surface area contributed by atoms with Gasteiger partial charge in [0.1, 0.15) is 0 Å². The summed E-state index contributed by atoms with van der Waals surface area (Å²) >= 11 is 0. The molecule has 0 amide bonds. The van der Waals surface area contributed by atoms with Gasteiger partial charge < -0.3 is 4.74 Å². The van der Waals surface area contributed by atoms with E-state index >= 15 is 0 Å². The quantitative estimate of drug-likeness (QED) is 0.659. The van der Waals surface area contributed by atoms with Gasteiger partial charge in [0.15, 0.2) is 11.6 Å². The Kier molecular flexibility index (Phi) is 5.83. The average Bonchev–Trinajstić information content (AvgIpc) is 2.28. The van der Waals surface area contributed by atoms with Crippen molar-refractivity contribution in [2.24, 2.45) is 0 Å². The van der Waals surface area contributed by atoms with Crippen molar-refractivity contribution in [2.75, 3.05) is 6.61 Å². The fraction of sp³-hybridized carbons (Fsp3) is 0.615. The number of hydrogen-bond donors (Lipinski definition) is 0. The zero-order chi connectivity index (χ0) is 11.8. The van der Waals surface area contributed by atoms with Gasteiger partial charge in [-0.1, -0.05) is 26.7 Å². The molecule has 0 aliphatic heterocycles. The Morgan fingerprint density at radius 3 is 2.69 bits per heavy atom. The van der Waals surface area contributed by atoms with Crippen molar-refractivity contribution in [1.82, 2.24) is 4.98 Å². The van der Waals surface area contributed by atoms with Crippen molar-refractivity contribution in [1.29, 1.82) is 0 Å². The molecule has 0 aliphatic rings. The summed E-state index contributed by atoms with van der Waals surface area (Å²) < 4.78 is 18.9. The summed E-state index contributed by atoms with van der Waals surface area (Å²) in [5.74, 6) is 0.0513. The van der Waals surface area contributed by atoms with Gasteiger partial charge in [-0.3, -0.25) is 4.98 Å². The summed E-state index contributed by atoms with van der Waals surface area (Å²) in [6, 6.07) is 0. The number of halogens is 1. The SMILES string of the molecule is CCCCCc1cncc(F)c1OCCC. The molecule has 16 heavy (non-hydrogen) atoms. The molecule has 3 heteroatoms. The Morgan fingerprint density at radius 2 is 2.00 bits per heavy atom. The van der Waals surface area contributed by atoms with Crippen molar-refractivity contribution < 1.29 is 9.13 Å². The van der Waals surface area contributed by atoms with Gasteiger partial charge in [0, 0.05) is 11.8 Å². The lowest BCUT2D eigenvalue weighted by molar-refractivity contribution is 0.296. The Hall–Kier alpha value is -1.12. The second-order valence-corrected chi connectivity index (χ2v) is 3.92. The minimum Gasteiger partial charge on any atom is -0.490 e. The van der Waals surface area contributed by atoms with Gasteiger partial charge in [-0.2, -0.15) is 0 Å². The number of hydrogen-bond acceptors (Lipinski definition) is 2. The van der Waals surface area contributed by atoms with Gasteiger partial charge in [-0.15, -0.1) is 0 Å². The van der Waals surface area contributed by atoms with Crippen molar-refractivity contribution in [3.05, 3.63) is 23.8 Å². The lowest BCUT2D eigenvalue weighted by Crippen LogP contribution is -2.02. The Labute approximate surface area is 96.8 Å². The van der Waals surface area contributed by atoms with Gasteiger partial charge in [0.25, 0.3) is 0 Å². The van der Waals surface area contributed by atoms with Crippen LogP contribution < -0.4 is 4.74 Å². The van der Waals surface area contributed by atoms with Crippen LogP contribution in [0.1, 0.15) is 45.1 Å². The summed E-state index contributed by atoms with van der Waals surface area (Å²) in [5.41, 5.74) is 0.891. The third kappa shape index (κ3) is 3.80. The molecule has 0 fully saturated rings. The van der Waals surface area contributed by atoms with Crippen molar-refractivity contribution >= 4 is 0 Å². The lowest BCUT2D eigenvalue weighted by Gasteiger charge is -2.10. The summed E-state index contributed by atoms with van der Waals surface area (Å²) in [6.45, 7) is 4.72. The van der Waals surface area contributed by atoms with E-state index in [1.54, 1.807) is 6.20 Å². The third-order valence-electron chi connectivity index (χ3n) is 2.43. The van der Waals surface area contributed by atoms with Crippen LogP contribution in [0.3, 0.4) is 0 Å². The predicted octanol–water partition coefficient (Wildman–Crippen LogP) is 3.74. The molecule has 0 unspecified atom stereocenters. The summed E-state index contributed by atoms with van der Waals surface area (Å²) in [5, 5.41) is 0. The molecule has 0 saturated heterocycles. The number of rotatable bonds is 7. The summed E-state index contributed by atoms with van der Waals surface area (Å²) in [6.07, 6.45) is 8.04. The first kappa shape index (κ1) is 12.9. The summed E-state index contributed by atoms with van der Waals surface area (Å²) in [4.78, 5) is 3.88. The lowest BCUT2D eigenvalue weighted by atomic mass is 10.1. The van der Waals surface area contributed by atoms with Gasteiger partial charge in [-0.25, -0.2) is 4.39 Å². The largest absolute Gasteiger partial charge is 0.490 e. The van der Waals surface area contributed by atoms with Crippen molar-refractivity contribution in [3.8, 4) is 5.75 Å². The van der Waals surface area contributed by atoms with E-state index in [0.29, 0.717) is 12.4 Å². The van der Waals surface area contributed by atoms with Gasteiger partial charge >= 0.3 is 0 Å². The fourth-order valence-corrected chi connectivity index (χ4v) is 1.57. The van der Waals surface area contributed by atoms with Crippen LogP contribution in [-0.2, 0) is 6.42 Å². The number of aryl methyl sites for hydroxylation is 1. The number of pyridine rings is 1. The van der Waals surface area contributed by atoms with Gasteiger partial charge in [-0.05, 0) is 19.3 Å². The Balaban J connectivity index is 2.68. The monoisotopic (exact) mass is 225 g/mol. The van der Waals surface area contributed by atoms with Gasteiger partial charge in [0.2, 0.25) is 0 Å². The molecule has 0 aromatic carbocycles. The maximum Gasteiger partial charge on any atom is 0.183 e. The molecule has 1 aromatic rings. The van der Waals surface area contributed by atoms with E-state index in [4.69, 9.17) is 4.74 Å². The minimum atomic E-state index is -0.345. The van der Waals surface area contributed by atoms with Crippen LogP contribution in [-0.4, -0.2) is 11.6 Å². The number of nitrogens with zero attached hydrogens (tertiary/aromatic N) is 1. The van der Waals surface area contributed by atoms with Crippen molar-refractivity contribution in [2.45, 2.75) is 46.0 Å². The molecule has 0 atom stereocenters. The zero-order valence-corrected chi connectivity index (χ0v) is 10.1. The second kappa shape index (κ2) is 7.20. The van der Waals surface area contributed by atoms with E-state index in [1.165, 1.54) is 6.20 Å². The maximum atomic E-state index is 13.5. The number of aromatic nitrogens is 1. The highest BCUT2D eigenvalue weighted by Crippen LogP contribution is 2.23. The second-order valence-electron chi connectivity index (χ2n) is 3.92. The Morgan fingerprint density at radius 1 is 1.19 bits per heavy atom. The highest BCUT2D eigenvalue weighted by Gasteiger charge is 2.09. The topological polar surface area (TPSA) is 22.1 Å². The van der Waals surface area contributed by atoms with E-state index in [-0.39, 0.29) is 5.82 Å². The molecular weight excluding hydrogens is 205 g/mol. The molecule has 0 aliphatic carbocycles. The number of ether oxygens (including phenoxy) is 1. The molecule has 0 radical (unpaired) electrons. The van der Waals surface area contributed by atoms with Crippen LogP contribution in [0.25, 0.3) is 0 Å². The summed E-state index contributed by atoms with van der Waals surface area (Å²) in [7, 11) is 0. The molecule has 90 valence electrons. The van der Waals surface area contributed by atoms with Crippen LogP contribution in [0.4, 0.5) is 4.39 Å². The Bertz CT molecular complexity index is 315. The standard InChI is InChI=1S/C13H20FNO/c1-3-5-6-7-11-9-15-10-12(14)13(11)16-8-4-2/h9-10H,3-8H2,1-2H3. The van der Waals surface area contributed by atoms with E-state index in [1.807, 2.05) is 6.92 Å². The minimum absolute atomic E-state index is 0.345.